The molecule has 2 unspecified atom stereocenters. The molecular formula is C15H28N2O2. The number of amides is 1. The molecule has 1 amide bonds. The second kappa shape index (κ2) is 5.70. The molecule has 1 heterocycles. The first-order valence-corrected chi connectivity index (χ1v) is 7.62. The van der Waals surface area contributed by atoms with Crippen LogP contribution in [0.25, 0.3) is 0 Å². The van der Waals surface area contributed by atoms with Gasteiger partial charge in [0.15, 0.2) is 0 Å². The minimum atomic E-state index is -0.420. The molecule has 2 fully saturated rings. The van der Waals surface area contributed by atoms with Crippen LogP contribution in [0, 0.1) is 11.8 Å². The van der Waals surface area contributed by atoms with Crippen LogP contribution in [-0.4, -0.2) is 35.7 Å². The van der Waals surface area contributed by atoms with E-state index in [1.807, 2.05) is 25.7 Å². The number of rotatable bonds is 2. The molecule has 2 rings (SSSR count). The van der Waals surface area contributed by atoms with E-state index in [0.717, 1.165) is 19.4 Å². The van der Waals surface area contributed by atoms with E-state index in [-0.39, 0.29) is 6.09 Å². The Morgan fingerprint density at radius 1 is 1.26 bits per heavy atom. The molecule has 2 N–H and O–H groups in total. The van der Waals surface area contributed by atoms with Crippen LogP contribution in [0.4, 0.5) is 4.79 Å². The van der Waals surface area contributed by atoms with Crippen LogP contribution >= 0.6 is 0 Å². The summed E-state index contributed by atoms with van der Waals surface area (Å²) in [4.78, 5) is 14.4. The van der Waals surface area contributed by atoms with Gasteiger partial charge in [-0.25, -0.2) is 4.79 Å². The number of ether oxygens (including phenoxy) is 1. The molecule has 2 atom stereocenters. The molecule has 2 aliphatic rings. The van der Waals surface area contributed by atoms with Gasteiger partial charge in [-0.05, 0) is 64.8 Å². The fraction of sp³-hybridized carbons (Fsp3) is 0.933. The molecule has 0 aromatic carbocycles. The van der Waals surface area contributed by atoms with Gasteiger partial charge in [0.2, 0.25) is 0 Å². The van der Waals surface area contributed by atoms with Gasteiger partial charge in [0.25, 0.3) is 0 Å². The number of hydrogen-bond donors (Lipinski definition) is 1. The highest BCUT2D eigenvalue weighted by atomic mass is 16.6. The standard InChI is InChI=1S/C15H28N2O2/c1-15(2,3)19-14(18)17-9-5-8-12(10-16)13(17)11-6-4-7-11/h11-13H,4-10,16H2,1-3H3. The molecule has 1 aliphatic carbocycles. The van der Waals surface area contributed by atoms with E-state index in [1.165, 1.54) is 19.3 Å². The summed E-state index contributed by atoms with van der Waals surface area (Å²) in [5, 5.41) is 0. The van der Waals surface area contributed by atoms with Crippen molar-refractivity contribution in [1.82, 2.24) is 4.90 Å². The molecule has 0 bridgehead atoms. The minimum Gasteiger partial charge on any atom is -0.444 e. The molecule has 0 aromatic heterocycles. The molecule has 1 saturated heterocycles. The summed E-state index contributed by atoms with van der Waals surface area (Å²) in [7, 11) is 0. The maximum absolute atomic E-state index is 12.4. The third-order valence-corrected chi connectivity index (χ3v) is 4.38. The fourth-order valence-electron chi connectivity index (χ4n) is 3.31. The zero-order valence-corrected chi connectivity index (χ0v) is 12.5. The molecule has 0 aromatic rings. The van der Waals surface area contributed by atoms with E-state index >= 15 is 0 Å². The van der Waals surface area contributed by atoms with E-state index in [9.17, 15) is 4.79 Å². The Morgan fingerprint density at radius 3 is 2.42 bits per heavy atom. The lowest BCUT2D eigenvalue weighted by Gasteiger charge is -2.48. The largest absolute Gasteiger partial charge is 0.444 e. The van der Waals surface area contributed by atoms with Gasteiger partial charge in [-0.3, -0.25) is 0 Å². The van der Waals surface area contributed by atoms with Gasteiger partial charge >= 0.3 is 6.09 Å². The Morgan fingerprint density at radius 2 is 1.95 bits per heavy atom. The second-order valence-corrected chi connectivity index (χ2v) is 6.99. The van der Waals surface area contributed by atoms with Gasteiger partial charge in [0.1, 0.15) is 5.60 Å². The maximum atomic E-state index is 12.4. The smallest absolute Gasteiger partial charge is 0.410 e. The van der Waals surface area contributed by atoms with Crippen LogP contribution in [0.5, 0.6) is 0 Å². The van der Waals surface area contributed by atoms with E-state index in [0.29, 0.717) is 24.4 Å². The average Bonchev–Trinajstić information content (AvgIpc) is 2.24. The van der Waals surface area contributed by atoms with Crippen molar-refractivity contribution in [2.75, 3.05) is 13.1 Å². The van der Waals surface area contributed by atoms with Gasteiger partial charge in [-0.15, -0.1) is 0 Å². The highest BCUT2D eigenvalue weighted by Crippen LogP contribution is 2.39. The van der Waals surface area contributed by atoms with Crippen molar-refractivity contribution in [1.29, 1.82) is 0 Å². The first-order valence-electron chi connectivity index (χ1n) is 7.62. The number of carbonyl (C=O) groups is 1. The first kappa shape index (κ1) is 14.6. The van der Waals surface area contributed by atoms with Crippen molar-refractivity contribution < 1.29 is 9.53 Å². The lowest BCUT2D eigenvalue weighted by Crippen LogP contribution is -2.56. The maximum Gasteiger partial charge on any atom is 0.410 e. The van der Waals surface area contributed by atoms with Gasteiger partial charge in [0.05, 0.1) is 0 Å². The zero-order chi connectivity index (χ0) is 14.0. The van der Waals surface area contributed by atoms with Crippen molar-refractivity contribution >= 4 is 6.09 Å². The number of piperidine rings is 1. The summed E-state index contributed by atoms with van der Waals surface area (Å²) in [6, 6.07) is 0.308. The zero-order valence-electron chi connectivity index (χ0n) is 12.5. The summed E-state index contributed by atoms with van der Waals surface area (Å²) in [5.41, 5.74) is 5.50. The van der Waals surface area contributed by atoms with E-state index in [1.54, 1.807) is 0 Å². The minimum absolute atomic E-state index is 0.150. The Balaban J connectivity index is 2.08. The first-order chi connectivity index (χ1) is 8.92. The van der Waals surface area contributed by atoms with Crippen molar-refractivity contribution in [3.8, 4) is 0 Å². The Hall–Kier alpha value is -0.770. The molecule has 110 valence electrons. The van der Waals surface area contributed by atoms with E-state index in [2.05, 4.69) is 0 Å². The van der Waals surface area contributed by atoms with Gasteiger partial charge in [0, 0.05) is 12.6 Å². The normalized spacial score (nSPS) is 28.9. The SMILES string of the molecule is CC(C)(C)OC(=O)N1CCCC(CN)C1C1CCC1. The monoisotopic (exact) mass is 268 g/mol. The Bertz CT molecular complexity index is 321. The van der Waals surface area contributed by atoms with Crippen LogP contribution in [0.15, 0.2) is 0 Å². The van der Waals surface area contributed by atoms with Crippen molar-refractivity contribution in [2.24, 2.45) is 17.6 Å². The molecule has 4 heteroatoms. The fourth-order valence-corrected chi connectivity index (χ4v) is 3.31. The molecular weight excluding hydrogens is 240 g/mol. The number of nitrogens with zero attached hydrogens (tertiary/aromatic N) is 1. The summed E-state index contributed by atoms with van der Waals surface area (Å²) < 4.78 is 5.57. The summed E-state index contributed by atoms with van der Waals surface area (Å²) in [6.45, 7) is 7.28. The van der Waals surface area contributed by atoms with Gasteiger partial charge < -0.3 is 15.4 Å². The third-order valence-electron chi connectivity index (χ3n) is 4.38. The van der Waals surface area contributed by atoms with Crippen molar-refractivity contribution in [3.63, 3.8) is 0 Å². The Labute approximate surface area is 116 Å². The third kappa shape index (κ3) is 3.41. The van der Waals surface area contributed by atoms with Crippen molar-refractivity contribution in [2.45, 2.75) is 64.5 Å². The van der Waals surface area contributed by atoms with Crippen LogP contribution in [0.3, 0.4) is 0 Å². The number of hydrogen-bond acceptors (Lipinski definition) is 3. The summed E-state index contributed by atoms with van der Waals surface area (Å²) in [5.74, 6) is 1.09. The Kier molecular flexibility index (Phi) is 4.39. The highest BCUT2D eigenvalue weighted by Gasteiger charge is 2.42. The summed E-state index contributed by atoms with van der Waals surface area (Å²) in [6.07, 6.45) is 5.81. The average molecular weight is 268 g/mol. The highest BCUT2D eigenvalue weighted by molar-refractivity contribution is 5.68. The molecule has 1 aliphatic heterocycles. The lowest BCUT2D eigenvalue weighted by molar-refractivity contribution is -0.0207. The number of nitrogens with two attached hydrogens (primary N) is 1. The van der Waals surface area contributed by atoms with Crippen LogP contribution < -0.4 is 5.73 Å². The molecule has 19 heavy (non-hydrogen) atoms. The summed E-state index contributed by atoms with van der Waals surface area (Å²) >= 11 is 0. The van der Waals surface area contributed by atoms with E-state index in [4.69, 9.17) is 10.5 Å². The van der Waals surface area contributed by atoms with Crippen molar-refractivity contribution in [3.05, 3.63) is 0 Å². The van der Waals surface area contributed by atoms with Gasteiger partial charge in [-0.1, -0.05) is 6.42 Å². The molecule has 0 radical (unpaired) electrons. The molecule has 4 nitrogen and oxygen atoms in total. The predicted molar refractivity (Wildman–Crippen MR) is 75.8 cm³/mol. The number of carbonyl (C=O) groups excluding carboxylic acids is 1. The predicted octanol–water partition coefficient (Wildman–Crippen LogP) is 2.76. The van der Waals surface area contributed by atoms with Crippen LogP contribution in [0.1, 0.15) is 52.9 Å². The van der Waals surface area contributed by atoms with E-state index < -0.39 is 5.60 Å². The van der Waals surface area contributed by atoms with Gasteiger partial charge in [-0.2, -0.15) is 0 Å². The second-order valence-electron chi connectivity index (χ2n) is 6.99. The lowest BCUT2D eigenvalue weighted by atomic mass is 9.71. The quantitative estimate of drug-likeness (QED) is 0.838. The van der Waals surface area contributed by atoms with Crippen LogP contribution in [-0.2, 0) is 4.74 Å². The van der Waals surface area contributed by atoms with Crippen LogP contribution in [0.2, 0.25) is 0 Å². The molecule has 1 saturated carbocycles. The topological polar surface area (TPSA) is 55.6 Å². The number of likely N-dealkylation sites (tertiary alicyclic amines) is 1. The molecule has 0 spiro atoms.